The van der Waals surface area contributed by atoms with Gasteiger partial charge >= 0.3 is 6.29 Å². The highest BCUT2D eigenvalue weighted by molar-refractivity contribution is 5.66. The molecule has 1 unspecified atom stereocenters. The minimum Gasteiger partial charge on any atom is -0.479 e. The van der Waals surface area contributed by atoms with Gasteiger partial charge in [-0.3, -0.25) is 0 Å². The summed E-state index contributed by atoms with van der Waals surface area (Å²) in [5.74, 6) is 1.52. The van der Waals surface area contributed by atoms with Crippen LogP contribution in [0.4, 0.5) is 8.78 Å². The van der Waals surface area contributed by atoms with Gasteiger partial charge < -0.3 is 18.8 Å². The minimum absolute atomic E-state index is 0.0311. The van der Waals surface area contributed by atoms with Crippen LogP contribution in [0.5, 0.6) is 17.4 Å². The summed E-state index contributed by atoms with van der Waals surface area (Å²) in [7, 11) is 1.57. The van der Waals surface area contributed by atoms with E-state index in [1.807, 2.05) is 34.5 Å². The second-order valence-corrected chi connectivity index (χ2v) is 8.61. The number of fused-ring (bicyclic) bond motifs is 2. The first-order valence-corrected chi connectivity index (χ1v) is 11.5. The fourth-order valence-electron chi connectivity index (χ4n) is 4.60. The molecule has 4 aromatic rings. The van der Waals surface area contributed by atoms with Crippen LogP contribution in [0.15, 0.2) is 42.9 Å². The van der Waals surface area contributed by atoms with Crippen LogP contribution in [-0.2, 0) is 6.54 Å². The summed E-state index contributed by atoms with van der Waals surface area (Å²) >= 11 is 0. The molecular formula is C25H22F2N6O3. The number of halogens is 2. The summed E-state index contributed by atoms with van der Waals surface area (Å²) in [4.78, 5) is 13.5. The van der Waals surface area contributed by atoms with Gasteiger partial charge in [0.1, 0.15) is 11.5 Å². The van der Waals surface area contributed by atoms with Crippen LogP contribution in [0.2, 0.25) is 0 Å². The monoisotopic (exact) mass is 492 g/mol. The van der Waals surface area contributed by atoms with Crippen molar-refractivity contribution in [2.45, 2.75) is 38.5 Å². The summed E-state index contributed by atoms with van der Waals surface area (Å²) in [6, 6.07) is 8.70. The molecule has 0 fully saturated rings. The average Bonchev–Trinajstić information content (AvgIpc) is 3.57. The van der Waals surface area contributed by atoms with Gasteiger partial charge in [-0.05, 0) is 50.1 Å². The molecule has 0 spiro atoms. The van der Waals surface area contributed by atoms with Crippen LogP contribution in [0.25, 0.3) is 17.8 Å². The van der Waals surface area contributed by atoms with E-state index in [9.17, 15) is 8.78 Å². The quantitative estimate of drug-likeness (QED) is 0.403. The molecule has 0 saturated carbocycles. The normalized spacial score (nSPS) is 17.9. The number of para-hydroxylation sites is 1. The number of nitrogens with zero attached hydrogens (tertiary/aromatic N) is 6. The van der Waals surface area contributed by atoms with Gasteiger partial charge in [-0.1, -0.05) is 12.1 Å². The third-order valence-corrected chi connectivity index (χ3v) is 6.17. The molecule has 0 bridgehead atoms. The summed E-state index contributed by atoms with van der Waals surface area (Å²) in [6.45, 7) is 2.61. The molecule has 184 valence electrons. The lowest BCUT2D eigenvalue weighted by Gasteiger charge is -2.23. The Kier molecular flexibility index (Phi) is 5.20. The van der Waals surface area contributed by atoms with Crippen LogP contribution >= 0.6 is 0 Å². The molecule has 3 aromatic heterocycles. The Hall–Kier alpha value is -4.28. The summed E-state index contributed by atoms with van der Waals surface area (Å²) in [5.41, 5.74) is 2.96. The number of imidazole rings is 1. The van der Waals surface area contributed by atoms with Gasteiger partial charge in [-0.15, -0.1) is 8.78 Å². The number of hydrogen-bond donors (Lipinski definition) is 0. The van der Waals surface area contributed by atoms with E-state index in [0.717, 1.165) is 24.2 Å². The van der Waals surface area contributed by atoms with Gasteiger partial charge in [0.15, 0.2) is 17.3 Å². The van der Waals surface area contributed by atoms with Crippen LogP contribution in [0.3, 0.4) is 0 Å². The first-order valence-electron chi connectivity index (χ1n) is 11.5. The molecule has 2 aliphatic heterocycles. The first kappa shape index (κ1) is 22.2. The second-order valence-electron chi connectivity index (χ2n) is 8.61. The predicted molar refractivity (Wildman–Crippen MR) is 125 cm³/mol. The Morgan fingerprint density at radius 1 is 1.14 bits per heavy atom. The van der Waals surface area contributed by atoms with E-state index in [4.69, 9.17) is 14.5 Å². The number of ether oxygens (including phenoxy) is 3. The Balaban J connectivity index is 1.28. The van der Waals surface area contributed by atoms with Crippen LogP contribution in [-0.4, -0.2) is 42.7 Å². The molecule has 0 aliphatic carbocycles. The number of aromatic nitrogens is 6. The second kappa shape index (κ2) is 8.43. The van der Waals surface area contributed by atoms with Crippen LogP contribution in [0.1, 0.15) is 47.4 Å². The third kappa shape index (κ3) is 3.96. The van der Waals surface area contributed by atoms with E-state index < -0.39 is 6.29 Å². The molecule has 9 nitrogen and oxygen atoms in total. The highest BCUT2D eigenvalue weighted by atomic mass is 19.3. The Morgan fingerprint density at radius 3 is 2.83 bits per heavy atom. The van der Waals surface area contributed by atoms with Crippen molar-refractivity contribution in [3.63, 3.8) is 0 Å². The molecule has 36 heavy (non-hydrogen) atoms. The number of aryl methyl sites for hydroxylation is 2. The number of alkyl halides is 2. The van der Waals surface area contributed by atoms with E-state index in [1.165, 1.54) is 6.07 Å². The van der Waals surface area contributed by atoms with Crippen molar-refractivity contribution in [2.24, 2.45) is 0 Å². The van der Waals surface area contributed by atoms with E-state index in [1.54, 1.807) is 37.7 Å². The number of benzene rings is 1. The Morgan fingerprint density at radius 2 is 2.03 bits per heavy atom. The van der Waals surface area contributed by atoms with Gasteiger partial charge in [0.2, 0.25) is 5.88 Å². The molecule has 1 aromatic carbocycles. The zero-order valence-electron chi connectivity index (χ0n) is 19.6. The van der Waals surface area contributed by atoms with Crippen molar-refractivity contribution < 1.29 is 23.0 Å². The highest BCUT2D eigenvalue weighted by Gasteiger charge is 2.45. The highest BCUT2D eigenvalue weighted by Crippen LogP contribution is 2.48. The minimum atomic E-state index is -3.67. The molecule has 1 atom stereocenters. The first-order chi connectivity index (χ1) is 17.4. The van der Waals surface area contributed by atoms with Crippen molar-refractivity contribution in [2.75, 3.05) is 7.11 Å². The van der Waals surface area contributed by atoms with Gasteiger partial charge in [-0.2, -0.15) is 5.10 Å². The van der Waals surface area contributed by atoms with Crippen molar-refractivity contribution in [3.8, 4) is 23.1 Å². The number of rotatable bonds is 5. The summed E-state index contributed by atoms with van der Waals surface area (Å²) < 4.78 is 46.0. The zero-order chi connectivity index (χ0) is 24.9. The Labute approximate surface area is 205 Å². The van der Waals surface area contributed by atoms with Crippen molar-refractivity contribution in [3.05, 3.63) is 71.5 Å². The fraction of sp³-hybridized carbons (Fsp3) is 0.280. The maximum Gasteiger partial charge on any atom is 0.586 e. The average molecular weight is 492 g/mol. The molecule has 0 saturated heterocycles. The maximum atomic E-state index is 13.7. The van der Waals surface area contributed by atoms with Gasteiger partial charge in [-0.25, -0.2) is 19.6 Å². The zero-order valence-corrected chi connectivity index (χ0v) is 19.6. The molecule has 2 aliphatic rings. The molecule has 0 amide bonds. The van der Waals surface area contributed by atoms with E-state index in [2.05, 4.69) is 19.8 Å². The van der Waals surface area contributed by atoms with Crippen molar-refractivity contribution in [1.82, 2.24) is 29.3 Å². The fourth-order valence-corrected chi connectivity index (χ4v) is 4.60. The smallest absolute Gasteiger partial charge is 0.479 e. The van der Waals surface area contributed by atoms with Gasteiger partial charge in [0, 0.05) is 24.2 Å². The number of hydrogen-bond acceptors (Lipinski definition) is 7. The third-order valence-electron chi connectivity index (χ3n) is 6.17. The summed E-state index contributed by atoms with van der Waals surface area (Å²) in [5, 5.41) is 4.60. The molecule has 5 heterocycles. The van der Waals surface area contributed by atoms with Crippen molar-refractivity contribution in [1.29, 1.82) is 0 Å². The van der Waals surface area contributed by atoms with Crippen LogP contribution < -0.4 is 14.2 Å². The largest absolute Gasteiger partial charge is 0.586 e. The lowest BCUT2D eigenvalue weighted by molar-refractivity contribution is -0.287. The number of pyridine rings is 1. The molecule has 11 heteroatoms. The SMILES string of the molecule is COc1nc(C=Cc2nc3n(n2)CCCC3c2cccc3c2OC(F)(F)O3)ccc1-n1cnc(C)c1. The van der Waals surface area contributed by atoms with E-state index >= 15 is 0 Å². The van der Waals surface area contributed by atoms with Gasteiger partial charge in [0.25, 0.3) is 0 Å². The molecule has 0 N–H and O–H groups in total. The Bertz CT molecular complexity index is 1480. The molecule has 6 rings (SSSR count). The number of methoxy groups -OCH3 is 1. The maximum absolute atomic E-state index is 13.7. The molecule has 0 radical (unpaired) electrons. The van der Waals surface area contributed by atoms with Gasteiger partial charge in [0.05, 0.1) is 24.8 Å². The summed E-state index contributed by atoms with van der Waals surface area (Å²) in [6.07, 6.45) is 5.08. The predicted octanol–water partition coefficient (Wildman–Crippen LogP) is 4.59. The standard InChI is InChI=1S/C25H22F2N6O3/c1-15-13-32(14-28-15)19-10-8-16(29-24(19)34-2)9-11-21-30-23-18(6-4-12-33(23)31-21)17-5-3-7-20-22(17)36-25(26,27)35-20/h3,5,7-11,13-14,18H,4,6,12H2,1-2H3. The van der Waals surface area contributed by atoms with E-state index in [0.29, 0.717) is 35.3 Å². The lowest BCUT2D eigenvalue weighted by atomic mass is 9.90. The topological polar surface area (TPSA) is 89.1 Å². The van der Waals surface area contributed by atoms with Crippen molar-refractivity contribution >= 4 is 12.2 Å². The molecular weight excluding hydrogens is 470 g/mol. The lowest BCUT2D eigenvalue weighted by Crippen LogP contribution is -2.26. The van der Waals surface area contributed by atoms with E-state index in [-0.39, 0.29) is 17.4 Å². The van der Waals surface area contributed by atoms with Crippen LogP contribution in [0, 0.1) is 6.92 Å².